The lowest BCUT2D eigenvalue weighted by atomic mass is 9.90. The topological polar surface area (TPSA) is 68.1 Å². The molecule has 0 saturated heterocycles. The van der Waals surface area contributed by atoms with E-state index in [1.807, 2.05) is 85.5 Å². The lowest BCUT2D eigenvalue weighted by Crippen LogP contribution is -2.04. The van der Waals surface area contributed by atoms with Crippen LogP contribution in [0.25, 0.3) is 39.0 Å². The molecule has 0 aliphatic carbocycles. The number of carbonyl (C=O) groups excluding carboxylic acids is 1. The Labute approximate surface area is 228 Å². The number of pyridine rings is 3. The van der Waals surface area contributed by atoms with E-state index < -0.39 is 0 Å². The Balaban J connectivity index is 1.68. The third-order valence-corrected chi connectivity index (χ3v) is 6.40. The normalized spacial score (nSPS) is 11.6. The zero-order chi connectivity index (χ0) is 27.0. The Morgan fingerprint density at radius 2 is 1.13 bits per heavy atom. The van der Waals surface area contributed by atoms with E-state index in [0.29, 0.717) is 11.1 Å². The third-order valence-electron chi connectivity index (χ3n) is 6.40. The molecule has 0 spiro atoms. The maximum atomic E-state index is 14.2. The SMILES string of the molecule is CC/C=C(\C=NC)c1cc(C(=O)c2cc(-c3cccnc3)cc(-c3cccnc3)c2)cc(-c2cccnc2)c1. The second-order valence-electron chi connectivity index (χ2n) is 9.11. The summed E-state index contributed by atoms with van der Waals surface area (Å²) >= 11 is 0. The van der Waals surface area contributed by atoms with Crippen molar-refractivity contribution in [1.82, 2.24) is 15.0 Å². The maximum absolute atomic E-state index is 14.2. The summed E-state index contributed by atoms with van der Waals surface area (Å²) < 4.78 is 0. The van der Waals surface area contributed by atoms with Crippen LogP contribution in [0, 0.1) is 0 Å². The van der Waals surface area contributed by atoms with Crippen LogP contribution >= 0.6 is 0 Å². The van der Waals surface area contributed by atoms with Gasteiger partial charge in [0.25, 0.3) is 0 Å². The van der Waals surface area contributed by atoms with Crippen molar-refractivity contribution in [1.29, 1.82) is 0 Å². The van der Waals surface area contributed by atoms with Crippen LogP contribution in [-0.2, 0) is 0 Å². The zero-order valence-electron chi connectivity index (χ0n) is 22.0. The Morgan fingerprint density at radius 1 is 0.667 bits per heavy atom. The zero-order valence-corrected chi connectivity index (χ0v) is 22.0. The van der Waals surface area contributed by atoms with Gasteiger partial charge in [0.05, 0.1) is 0 Å². The summed E-state index contributed by atoms with van der Waals surface area (Å²) in [4.78, 5) is 31.3. The summed E-state index contributed by atoms with van der Waals surface area (Å²) in [5.41, 5.74) is 8.67. The molecule has 0 atom stereocenters. The molecule has 3 heterocycles. The predicted molar refractivity (Wildman–Crippen MR) is 159 cm³/mol. The minimum atomic E-state index is -0.0674. The Kier molecular flexibility index (Phi) is 7.89. The van der Waals surface area contributed by atoms with E-state index in [4.69, 9.17) is 0 Å². The minimum absolute atomic E-state index is 0.0674. The average Bonchev–Trinajstić information content (AvgIpc) is 3.01. The molecule has 0 bridgehead atoms. The lowest BCUT2D eigenvalue weighted by Gasteiger charge is -2.13. The van der Waals surface area contributed by atoms with Crippen molar-refractivity contribution in [2.24, 2.45) is 4.99 Å². The molecule has 0 amide bonds. The molecule has 0 aliphatic heterocycles. The highest BCUT2D eigenvalue weighted by Gasteiger charge is 2.16. The van der Waals surface area contributed by atoms with Gasteiger partial charge in [-0.1, -0.05) is 31.2 Å². The molecule has 0 radical (unpaired) electrons. The summed E-state index contributed by atoms with van der Waals surface area (Å²) in [5.74, 6) is -0.0674. The number of rotatable bonds is 8. The molecule has 5 nitrogen and oxygen atoms in total. The number of aromatic nitrogens is 3. The van der Waals surface area contributed by atoms with E-state index in [-0.39, 0.29) is 5.78 Å². The predicted octanol–water partition coefficient (Wildman–Crippen LogP) is 7.60. The van der Waals surface area contributed by atoms with Crippen molar-refractivity contribution >= 4 is 17.6 Å². The fraction of sp³-hybridized carbons (Fsp3) is 0.0882. The Hall–Kier alpha value is -5.03. The van der Waals surface area contributed by atoms with Gasteiger partial charge in [-0.15, -0.1) is 0 Å². The van der Waals surface area contributed by atoms with Crippen molar-refractivity contribution in [2.45, 2.75) is 13.3 Å². The van der Waals surface area contributed by atoms with Crippen molar-refractivity contribution < 1.29 is 4.79 Å². The second-order valence-corrected chi connectivity index (χ2v) is 9.11. The fourth-order valence-corrected chi connectivity index (χ4v) is 4.56. The van der Waals surface area contributed by atoms with Crippen LogP contribution in [0.3, 0.4) is 0 Å². The van der Waals surface area contributed by atoms with Crippen molar-refractivity contribution in [3.8, 4) is 33.4 Å². The largest absolute Gasteiger partial charge is 0.296 e. The first-order chi connectivity index (χ1) is 19.2. The van der Waals surface area contributed by atoms with Crippen molar-refractivity contribution in [2.75, 3.05) is 7.05 Å². The molecule has 3 aromatic heterocycles. The van der Waals surface area contributed by atoms with Gasteiger partial charge in [0.15, 0.2) is 5.78 Å². The summed E-state index contributed by atoms with van der Waals surface area (Å²) in [7, 11) is 1.75. The molecule has 39 heavy (non-hydrogen) atoms. The monoisotopic (exact) mass is 508 g/mol. The molecule has 5 rings (SSSR count). The van der Waals surface area contributed by atoms with Gasteiger partial charge in [0.2, 0.25) is 0 Å². The van der Waals surface area contributed by atoms with Gasteiger partial charge < -0.3 is 0 Å². The Bertz CT molecular complexity index is 1590. The first-order valence-corrected chi connectivity index (χ1v) is 12.8. The first-order valence-electron chi connectivity index (χ1n) is 12.8. The number of nitrogens with zero attached hydrogens (tertiary/aromatic N) is 4. The third kappa shape index (κ3) is 5.94. The molecule has 0 fully saturated rings. The highest BCUT2D eigenvalue weighted by molar-refractivity contribution is 6.14. The standard InChI is InChI=1S/C34H28N4O/c1-3-7-24(20-35-2)28-14-29(25-8-4-11-36-21-25)17-32(16-28)34(39)33-18-30(26-9-5-12-37-22-26)15-31(19-33)27-10-6-13-38-23-27/h4-23H,3H2,1-2H3/b24-7+,35-20?. The van der Waals surface area contributed by atoms with Gasteiger partial charge in [0.1, 0.15) is 0 Å². The van der Waals surface area contributed by atoms with E-state index >= 15 is 0 Å². The van der Waals surface area contributed by atoms with E-state index in [2.05, 4.69) is 45.1 Å². The quantitative estimate of drug-likeness (QED) is 0.160. The molecule has 0 aliphatic rings. The molecule has 190 valence electrons. The fourth-order valence-electron chi connectivity index (χ4n) is 4.56. The van der Waals surface area contributed by atoms with Crippen LogP contribution in [0.1, 0.15) is 34.8 Å². The maximum Gasteiger partial charge on any atom is 0.193 e. The summed E-state index contributed by atoms with van der Waals surface area (Å²) in [6, 6.07) is 23.6. The van der Waals surface area contributed by atoms with Crippen LogP contribution in [0.5, 0.6) is 0 Å². The number of aliphatic imine (C=N–C) groups is 1. The highest BCUT2D eigenvalue weighted by Crippen LogP contribution is 2.31. The highest BCUT2D eigenvalue weighted by atomic mass is 16.1. The van der Waals surface area contributed by atoms with Gasteiger partial charge in [-0.25, -0.2) is 0 Å². The second kappa shape index (κ2) is 12.0. The number of hydrogen-bond acceptors (Lipinski definition) is 5. The van der Waals surface area contributed by atoms with E-state index in [1.165, 1.54) is 0 Å². The average molecular weight is 509 g/mol. The van der Waals surface area contributed by atoms with E-state index in [9.17, 15) is 4.79 Å². The van der Waals surface area contributed by atoms with Gasteiger partial charge >= 0.3 is 0 Å². The summed E-state index contributed by atoms with van der Waals surface area (Å²) in [6.45, 7) is 2.09. The number of allylic oxidation sites excluding steroid dienone is 2. The van der Waals surface area contributed by atoms with Gasteiger partial charge in [-0.3, -0.25) is 24.7 Å². The summed E-state index contributed by atoms with van der Waals surface area (Å²) in [5, 5.41) is 0. The van der Waals surface area contributed by atoms with Gasteiger partial charge in [-0.2, -0.15) is 0 Å². The number of hydrogen-bond donors (Lipinski definition) is 0. The number of ketones is 1. The molecular formula is C34H28N4O. The lowest BCUT2D eigenvalue weighted by molar-refractivity contribution is 0.103. The number of benzene rings is 2. The molecule has 2 aromatic carbocycles. The Morgan fingerprint density at radius 3 is 1.56 bits per heavy atom. The van der Waals surface area contributed by atoms with E-state index in [0.717, 1.165) is 50.9 Å². The van der Waals surface area contributed by atoms with Crippen LogP contribution < -0.4 is 0 Å². The molecule has 0 N–H and O–H groups in total. The first kappa shape index (κ1) is 25.6. The van der Waals surface area contributed by atoms with Gasteiger partial charge in [-0.05, 0) is 88.8 Å². The van der Waals surface area contributed by atoms with Crippen LogP contribution in [0.15, 0.2) is 121 Å². The van der Waals surface area contributed by atoms with Crippen molar-refractivity contribution in [3.63, 3.8) is 0 Å². The summed E-state index contributed by atoms with van der Waals surface area (Å²) in [6.07, 6.45) is 15.5. The van der Waals surface area contributed by atoms with Crippen molar-refractivity contribution in [3.05, 3.63) is 133 Å². The van der Waals surface area contributed by atoms with Crippen LogP contribution in [0.4, 0.5) is 0 Å². The molecule has 0 unspecified atom stereocenters. The molecular weight excluding hydrogens is 480 g/mol. The van der Waals surface area contributed by atoms with Crippen LogP contribution in [-0.4, -0.2) is 34.0 Å². The number of carbonyl (C=O) groups is 1. The molecule has 5 heteroatoms. The smallest absolute Gasteiger partial charge is 0.193 e. The van der Waals surface area contributed by atoms with E-state index in [1.54, 1.807) is 25.6 Å². The molecule has 5 aromatic rings. The van der Waals surface area contributed by atoms with Gasteiger partial charge in [0, 0.05) is 78.3 Å². The van der Waals surface area contributed by atoms with Crippen LogP contribution in [0.2, 0.25) is 0 Å². The minimum Gasteiger partial charge on any atom is -0.296 e. The molecule has 0 saturated carbocycles.